The van der Waals surface area contributed by atoms with Crippen LogP contribution in [0.5, 0.6) is 17.2 Å². The molecule has 0 aliphatic heterocycles. The van der Waals surface area contributed by atoms with Gasteiger partial charge < -0.3 is 14.2 Å². The third kappa shape index (κ3) is 4.58. The SMILES string of the molecule is CCC(Oc1ccccc1OC)C(=O)Nc1nnc(-c2ccc(OC)cc2)s1. The number of rotatable bonds is 8. The maximum atomic E-state index is 12.6. The molecule has 0 saturated carbocycles. The predicted octanol–water partition coefficient (Wildman–Crippen LogP) is 4.02. The van der Waals surface area contributed by atoms with Gasteiger partial charge in [0.05, 0.1) is 14.2 Å². The highest BCUT2D eigenvalue weighted by Gasteiger charge is 2.21. The maximum absolute atomic E-state index is 12.6. The van der Waals surface area contributed by atoms with Gasteiger partial charge in [0.2, 0.25) is 5.13 Å². The minimum atomic E-state index is -0.676. The molecule has 1 amide bonds. The Balaban J connectivity index is 1.68. The van der Waals surface area contributed by atoms with Crippen molar-refractivity contribution in [2.24, 2.45) is 0 Å². The zero-order chi connectivity index (χ0) is 19.9. The molecule has 1 atom stereocenters. The molecule has 0 aliphatic rings. The van der Waals surface area contributed by atoms with Crippen molar-refractivity contribution in [3.63, 3.8) is 0 Å². The molecule has 1 unspecified atom stereocenters. The second-order valence-corrected chi connectivity index (χ2v) is 6.77. The third-order valence-corrected chi connectivity index (χ3v) is 4.88. The molecular formula is C20H21N3O4S. The van der Waals surface area contributed by atoms with Gasteiger partial charge in [-0.05, 0) is 42.8 Å². The van der Waals surface area contributed by atoms with Crippen LogP contribution in [-0.2, 0) is 4.79 Å². The molecule has 2 aromatic carbocycles. The molecule has 7 nitrogen and oxygen atoms in total. The van der Waals surface area contributed by atoms with E-state index >= 15 is 0 Å². The van der Waals surface area contributed by atoms with Gasteiger partial charge in [-0.3, -0.25) is 10.1 Å². The van der Waals surface area contributed by atoms with Gasteiger partial charge in [-0.25, -0.2) is 0 Å². The molecule has 3 rings (SSSR count). The smallest absolute Gasteiger partial charge is 0.267 e. The highest BCUT2D eigenvalue weighted by molar-refractivity contribution is 7.18. The van der Waals surface area contributed by atoms with Crippen LogP contribution < -0.4 is 19.5 Å². The van der Waals surface area contributed by atoms with Gasteiger partial charge in [0.15, 0.2) is 17.6 Å². The van der Waals surface area contributed by atoms with Crippen molar-refractivity contribution in [3.8, 4) is 27.8 Å². The summed E-state index contributed by atoms with van der Waals surface area (Å²) in [5.41, 5.74) is 0.899. The van der Waals surface area contributed by atoms with E-state index in [2.05, 4.69) is 15.5 Å². The van der Waals surface area contributed by atoms with Crippen LogP contribution >= 0.6 is 11.3 Å². The van der Waals surface area contributed by atoms with Crippen molar-refractivity contribution in [1.82, 2.24) is 10.2 Å². The van der Waals surface area contributed by atoms with E-state index in [-0.39, 0.29) is 5.91 Å². The van der Waals surface area contributed by atoms with E-state index < -0.39 is 6.10 Å². The van der Waals surface area contributed by atoms with Gasteiger partial charge in [0, 0.05) is 5.56 Å². The zero-order valence-electron chi connectivity index (χ0n) is 15.8. The minimum absolute atomic E-state index is 0.286. The first kappa shape index (κ1) is 19.6. The summed E-state index contributed by atoms with van der Waals surface area (Å²) in [6.45, 7) is 1.88. The van der Waals surface area contributed by atoms with E-state index in [0.29, 0.717) is 28.1 Å². The van der Waals surface area contributed by atoms with E-state index in [0.717, 1.165) is 11.3 Å². The van der Waals surface area contributed by atoms with Crippen LogP contribution in [-0.4, -0.2) is 36.4 Å². The van der Waals surface area contributed by atoms with E-state index in [1.54, 1.807) is 26.4 Å². The molecule has 0 fully saturated rings. The van der Waals surface area contributed by atoms with E-state index in [4.69, 9.17) is 14.2 Å². The van der Waals surface area contributed by atoms with Gasteiger partial charge in [-0.2, -0.15) is 0 Å². The Morgan fingerprint density at radius 2 is 1.75 bits per heavy atom. The number of amides is 1. The lowest BCUT2D eigenvalue weighted by Crippen LogP contribution is -2.32. The fourth-order valence-electron chi connectivity index (χ4n) is 2.50. The summed E-state index contributed by atoms with van der Waals surface area (Å²) >= 11 is 1.29. The molecule has 8 heteroatoms. The lowest BCUT2D eigenvalue weighted by atomic mass is 10.2. The van der Waals surface area contributed by atoms with Crippen LogP contribution in [0, 0.1) is 0 Å². The van der Waals surface area contributed by atoms with Crippen molar-refractivity contribution >= 4 is 22.4 Å². The van der Waals surface area contributed by atoms with Gasteiger partial charge in [0.25, 0.3) is 5.91 Å². The molecule has 0 bridgehead atoms. The van der Waals surface area contributed by atoms with Crippen molar-refractivity contribution in [3.05, 3.63) is 48.5 Å². The van der Waals surface area contributed by atoms with Crippen LogP contribution in [0.3, 0.4) is 0 Å². The first-order valence-corrected chi connectivity index (χ1v) is 9.54. The molecule has 1 N–H and O–H groups in total. The third-order valence-electron chi connectivity index (χ3n) is 3.99. The van der Waals surface area contributed by atoms with Gasteiger partial charge >= 0.3 is 0 Å². The van der Waals surface area contributed by atoms with E-state index in [9.17, 15) is 4.79 Å². The molecular weight excluding hydrogens is 378 g/mol. The summed E-state index contributed by atoms with van der Waals surface area (Å²) in [5.74, 6) is 1.57. The number of hydrogen-bond donors (Lipinski definition) is 1. The van der Waals surface area contributed by atoms with Gasteiger partial charge in [-0.15, -0.1) is 10.2 Å². The zero-order valence-corrected chi connectivity index (χ0v) is 16.7. The number of hydrogen-bond acceptors (Lipinski definition) is 7. The van der Waals surface area contributed by atoms with E-state index in [1.165, 1.54) is 11.3 Å². The Morgan fingerprint density at radius 3 is 2.39 bits per heavy atom. The molecule has 1 heterocycles. The molecule has 0 radical (unpaired) electrons. The fourth-order valence-corrected chi connectivity index (χ4v) is 3.25. The summed E-state index contributed by atoms with van der Waals surface area (Å²) < 4.78 is 16.3. The summed E-state index contributed by atoms with van der Waals surface area (Å²) in [6.07, 6.45) is -0.182. The average molecular weight is 399 g/mol. The second-order valence-electron chi connectivity index (χ2n) is 5.80. The fraction of sp³-hybridized carbons (Fsp3) is 0.250. The quantitative estimate of drug-likeness (QED) is 0.616. The van der Waals surface area contributed by atoms with Crippen LogP contribution in [0.25, 0.3) is 10.6 Å². The highest BCUT2D eigenvalue weighted by Crippen LogP contribution is 2.29. The highest BCUT2D eigenvalue weighted by atomic mass is 32.1. The first-order valence-electron chi connectivity index (χ1n) is 8.73. The molecule has 146 valence electrons. The number of benzene rings is 2. The number of ether oxygens (including phenoxy) is 3. The summed E-state index contributed by atoms with van der Waals surface area (Å²) in [6, 6.07) is 14.7. The number of nitrogens with zero attached hydrogens (tertiary/aromatic N) is 2. The average Bonchev–Trinajstić information content (AvgIpc) is 3.20. The van der Waals surface area contributed by atoms with Crippen LogP contribution in [0.2, 0.25) is 0 Å². The van der Waals surface area contributed by atoms with Crippen molar-refractivity contribution in [2.45, 2.75) is 19.4 Å². The Labute approximate surface area is 167 Å². The Bertz CT molecular complexity index is 927. The number of methoxy groups -OCH3 is 2. The summed E-state index contributed by atoms with van der Waals surface area (Å²) in [7, 11) is 3.18. The number of carbonyl (C=O) groups excluding carboxylic acids is 1. The predicted molar refractivity (Wildman–Crippen MR) is 108 cm³/mol. The van der Waals surface area contributed by atoms with Crippen molar-refractivity contribution in [1.29, 1.82) is 0 Å². The number of anilines is 1. The largest absolute Gasteiger partial charge is 0.497 e. The minimum Gasteiger partial charge on any atom is -0.497 e. The topological polar surface area (TPSA) is 82.6 Å². The number of para-hydroxylation sites is 2. The number of nitrogens with one attached hydrogen (secondary N) is 1. The number of carbonyl (C=O) groups is 1. The molecule has 28 heavy (non-hydrogen) atoms. The normalized spacial score (nSPS) is 11.5. The monoisotopic (exact) mass is 399 g/mol. The van der Waals surface area contributed by atoms with Gasteiger partial charge in [-0.1, -0.05) is 30.4 Å². The molecule has 3 aromatic rings. The Kier molecular flexibility index (Phi) is 6.44. The molecule has 1 aromatic heterocycles. The first-order chi connectivity index (χ1) is 13.6. The lowest BCUT2D eigenvalue weighted by Gasteiger charge is -2.18. The van der Waals surface area contributed by atoms with Crippen molar-refractivity contribution < 1.29 is 19.0 Å². The molecule has 0 saturated heterocycles. The van der Waals surface area contributed by atoms with Gasteiger partial charge in [0.1, 0.15) is 10.8 Å². The van der Waals surface area contributed by atoms with Crippen LogP contribution in [0.4, 0.5) is 5.13 Å². The second kappa shape index (κ2) is 9.18. The summed E-state index contributed by atoms with van der Waals surface area (Å²) in [5, 5.41) is 12.1. The maximum Gasteiger partial charge on any atom is 0.267 e. The Morgan fingerprint density at radius 1 is 1.04 bits per heavy atom. The molecule has 0 aliphatic carbocycles. The Hall–Kier alpha value is -3.13. The number of aromatic nitrogens is 2. The van der Waals surface area contributed by atoms with Crippen LogP contribution in [0.15, 0.2) is 48.5 Å². The summed E-state index contributed by atoms with van der Waals surface area (Å²) in [4.78, 5) is 12.6. The van der Waals surface area contributed by atoms with Crippen LogP contribution in [0.1, 0.15) is 13.3 Å². The van der Waals surface area contributed by atoms with Crippen molar-refractivity contribution in [2.75, 3.05) is 19.5 Å². The lowest BCUT2D eigenvalue weighted by molar-refractivity contribution is -0.122. The standard InChI is InChI=1S/C20H21N3O4S/c1-4-15(27-17-8-6-5-7-16(17)26-3)18(24)21-20-23-22-19(28-20)13-9-11-14(25-2)12-10-13/h5-12,15H,4H2,1-3H3,(H,21,23,24). The molecule has 0 spiro atoms. The van der Waals surface area contributed by atoms with E-state index in [1.807, 2.05) is 43.3 Å².